The third-order valence-corrected chi connectivity index (χ3v) is 4.41. The highest BCUT2D eigenvalue weighted by atomic mass is 79.9. The van der Waals surface area contributed by atoms with Gasteiger partial charge in [0.05, 0.1) is 16.7 Å². The van der Waals surface area contributed by atoms with Gasteiger partial charge in [-0.05, 0) is 40.2 Å². The minimum Gasteiger partial charge on any atom is -0.253 e. The monoisotopic (exact) mass is 368 g/mol. The van der Waals surface area contributed by atoms with Gasteiger partial charge in [-0.3, -0.25) is 4.98 Å². The molecule has 0 spiro atoms. The summed E-state index contributed by atoms with van der Waals surface area (Å²) in [6.45, 7) is 0.498. The number of aryl methyl sites for hydroxylation is 2. The van der Waals surface area contributed by atoms with E-state index in [2.05, 4.69) is 32.1 Å². The van der Waals surface area contributed by atoms with Crippen LogP contribution in [0.2, 0.25) is 0 Å². The molecule has 0 saturated carbocycles. The Morgan fingerprint density at radius 3 is 2.74 bits per heavy atom. The number of benzene rings is 1. The van der Waals surface area contributed by atoms with Gasteiger partial charge in [-0.1, -0.05) is 30.3 Å². The molecule has 0 atom stereocenters. The van der Waals surface area contributed by atoms with E-state index in [-0.39, 0.29) is 5.69 Å². The fourth-order valence-corrected chi connectivity index (χ4v) is 3.12. The van der Waals surface area contributed by atoms with Gasteiger partial charge >= 0.3 is 5.69 Å². The summed E-state index contributed by atoms with van der Waals surface area (Å²) in [5, 5.41) is 5.48. The number of fused-ring (bicyclic) bond motifs is 2. The summed E-state index contributed by atoms with van der Waals surface area (Å²) in [7, 11) is 0. The van der Waals surface area contributed by atoms with Crippen molar-refractivity contribution in [1.82, 2.24) is 19.2 Å². The molecule has 1 aromatic carbocycles. The Bertz CT molecular complexity index is 1070. The maximum Gasteiger partial charge on any atom is 0.351 e. The van der Waals surface area contributed by atoms with E-state index in [4.69, 9.17) is 0 Å². The molecule has 0 amide bonds. The quantitative estimate of drug-likeness (QED) is 0.522. The standard InChI is InChI=1S/C17H13BrN4O/c18-15-6-3-7-16-20-21(17(23)22(15)16)11-10-13-9-8-12-4-1-2-5-14(12)19-13/h1-9H,10-11H2. The Balaban J connectivity index is 1.64. The Labute approximate surface area is 140 Å². The summed E-state index contributed by atoms with van der Waals surface area (Å²) in [4.78, 5) is 17.0. The smallest absolute Gasteiger partial charge is 0.253 e. The third-order valence-electron chi connectivity index (χ3n) is 3.79. The van der Waals surface area contributed by atoms with Crippen LogP contribution in [0.3, 0.4) is 0 Å². The molecular weight excluding hydrogens is 356 g/mol. The van der Waals surface area contributed by atoms with Crippen LogP contribution in [0.5, 0.6) is 0 Å². The van der Waals surface area contributed by atoms with Gasteiger partial charge in [-0.15, -0.1) is 5.10 Å². The normalized spacial score (nSPS) is 11.3. The number of para-hydroxylation sites is 1. The summed E-state index contributed by atoms with van der Waals surface area (Å²) in [6.07, 6.45) is 0.659. The van der Waals surface area contributed by atoms with Gasteiger partial charge in [0.1, 0.15) is 0 Å². The van der Waals surface area contributed by atoms with Gasteiger partial charge in [0.25, 0.3) is 0 Å². The lowest BCUT2D eigenvalue weighted by Gasteiger charge is -2.02. The van der Waals surface area contributed by atoms with Crippen molar-refractivity contribution in [2.24, 2.45) is 0 Å². The molecular formula is C17H13BrN4O. The zero-order valence-electron chi connectivity index (χ0n) is 12.2. The van der Waals surface area contributed by atoms with Gasteiger partial charge in [0.2, 0.25) is 0 Å². The molecule has 114 valence electrons. The van der Waals surface area contributed by atoms with Crippen molar-refractivity contribution < 1.29 is 0 Å². The number of halogens is 1. The van der Waals surface area contributed by atoms with Crippen LogP contribution in [-0.2, 0) is 13.0 Å². The van der Waals surface area contributed by atoms with Crippen LogP contribution in [0.4, 0.5) is 0 Å². The molecule has 4 aromatic rings. The third kappa shape index (κ3) is 2.55. The van der Waals surface area contributed by atoms with Crippen molar-refractivity contribution in [3.63, 3.8) is 0 Å². The predicted molar refractivity (Wildman–Crippen MR) is 92.6 cm³/mol. The Kier molecular flexibility index (Phi) is 3.46. The molecule has 3 heterocycles. The van der Waals surface area contributed by atoms with Gasteiger partial charge in [-0.25, -0.2) is 13.9 Å². The van der Waals surface area contributed by atoms with Gasteiger partial charge in [0.15, 0.2) is 5.65 Å². The highest BCUT2D eigenvalue weighted by Crippen LogP contribution is 2.13. The van der Waals surface area contributed by atoms with E-state index in [1.165, 1.54) is 4.68 Å². The summed E-state index contributed by atoms with van der Waals surface area (Å²) in [6, 6.07) is 17.6. The number of hydrogen-bond acceptors (Lipinski definition) is 3. The molecule has 0 aliphatic heterocycles. The number of hydrogen-bond donors (Lipinski definition) is 0. The van der Waals surface area contributed by atoms with E-state index in [9.17, 15) is 4.79 Å². The second-order valence-electron chi connectivity index (χ2n) is 5.29. The second-order valence-corrected chi connectivity index (χ2v) is 6.11. The molecule has 0 bridgehead atoms. The Hall–Kier alpha value is -2.47. The SMILES string of the molecule is O=c1n(CCc2ccc3ccccc3n2)nc2cccc(Br)n12. The first kappa shape index (κ1) is 14.1. The average molecular weight is 369 g/mol. The minimum atomic E-state index is -0.145. The highest BCUT2D eigenvalue weighted by Gasteiger charge is 2.09. The van der Waals surface area contributed by atoms with E-state index in [0.29, 0.717) is 23.2 Å². The maximum atomic E-state index is 12.4. The second kappa shape index (κ2) is 5.62. The minimum absolute atomic E-state index is 0.145. The predicted octanol–water partition coefficient (Wildman–Crippen LogP) is 3.05. The van der Waals surface area contributed by atoms with Crippen molar-refractivity contribution in [1.29, 1.82) is 0 Å². The zero-order chi connectivity index (χ0) is 15.8. The molecule has 0 saturated heterocycles. The Morgan fingerprint density at radius 2 is 1.87 bits per heavy atom. The number of nitrogens with zero attached hydrogens (tertiary/aromatic N) is 4. The molecule has 0 radical (unpaired) electrons. The van der Waals surface area contributed by atoms with Gasteiger partial charge in [-0.2, -0.15) is 0 Å². The van der Waals surface area contributed by atoms with Crippen molar-refractivity contribution in [2.45, 2.75) is 13.0 Å². The fourth-order valence-electron chi connectivity index (χ4n) is 2.63. The molecule has 0 fully saturated rings. The first-order chi connectivity index (χ1) is 11.2. The summed E-state index contributed by atoms with van der Waals surface area (Å²) < 4.78 is 3.74. The molecule has 0 N–H and O–H groups in total. The number of aromatic nitrogens is 4. The molecule has 0 unspecified atom stereocenters. The van der Waals surface area contributed by atoms with Crippen molar-refractivity contribution in [3.05, 3.63) is 75.4 Å². The van der Waals surface area contributed by atoms with E-state index < -0.39 is 0 Å². The van der Waals surface area contributed by atoms with Crippen LogP contribution in [0.15, 0.2) is 64.0 Å². The highest BCUT2D eigenvalue weighted by molar-refractivity contribution is 9.10. The lowest BCUT2D eigenvalue weighted by Crippen LogP contribution is -2.22. The molecule has 23 heavy (non-hydrogen) atoms. The van der Waals surface area contributed by atoms with Crippen LogP contribution in [-0.4, -0.2) is 19.2 Å². The van der Waals surface area contributed by atoms with Gasteiger partial charge < -0.3 is 0 Å². The summed E-state index contributed by atoms with van der Waals surface area (Å²) in [5.74, 6) is 0. The lowest BCUT2D eigenvalue weighted by molar-refractivity contribution is 0.587. The molecule has 0 aliphatic rings. The molecule has 6 heteroatoms. The first-order valence-electron chi connectivity index (χ1n) is 7.31. The van der Waals surface area contributed by atoms with E-state index in [0.717, 1.165) is 16.6 Å². The van der Waals surface area contributed by atoms with E-state index in [1.807, 2.05) is 48.5 Å². The van der Waals surface area contributed by atoms with Crippen LogP contribution >= 0.6 is 15.9 Å². The molecule has 0 aliphatic carbocycles. The number of pyridine rings is 2. The first-order valence-corrected chi connectivity index (χ1v) is 8.10. The number of rotatable bonds is 3. The average Bonchev–Trinajstić information content (AvgIpc) is 2.90. The fraction of sp³-hybridized carbons (Fsp3) is 0.118. The van der Waals surface area contributed by atoms with Crippen molar-refractivity contribution >= 4 is 32.5 Å². The van der Waals surface area contributed by atoms with Crippen molar-refractivity contribution in [2.75, 3.05) is 0 Å². The largest absolute Gasteiger partial charge is 0.351 e. The topological polar surface area (TPSA) is 52.2 Å². The van der Waals surface area contributed by atoms with E-state index >= 15 is 0 Å². The molecule has 4 rings (SSSR count). The summed E-state index contributed by atoms with van der Waals surface area (Å²) in [5.41, 5.74) is 2.41. The molecule has 3 aromatic heterocycles. The van der Waals surface area contributed by atoms with Crippen LogP contribution < -0.4 is 5.69 Å². The summed E-state index contributed by atoms with van der Waals surface area (Å²) >= 11 is 3.38. The van der Waals surface area contributed by atoms with E-state index in [1.54, 1.807) is 4.40 Å². The Morgan fingerprint density at radius 1 is 1.00 bits per heavy atom. The maximum absolute atomic E-state index is 12.4. The van der Waals surface area contributed by atoms with Crippen molar-refractivity contribution in [3.8, 4) is 0 Å². The van der Waals surface area contributed by atoms with Crippen LogP contribution in [0.1, 0.15) is 5.69 Å². The van der Waals surface area contributed by atoms with Crippen LogP contribution in [0, 0.1) is 0 Å². The van der Waals surface area contributed by atoms with Crippen LogP contribution in [0.25, 0.3) is 16.6 Å². The van der Waals surface area contributed by atoms with Gasteiger partial charge in [0, 0.05) is 17.5 Å². The lowest BCUT2D eigenvalue weighted by atomic mass is 10.2. The zero-order valence-corrected chi connectivity index (χ0v) is 13.8. The molecule has 5 nitrogen and oxygen atoms in total.